The van der Waals surface area contributed by atoms with Crippen LogP contribution in [-0.4, -0.2) is 37.2 Å². The Morgan fingerprint density at radius 1 is 0.636 bits per heavy atom. The Bertz CT molecular complexity index is 1200. The van der Waals surface area contributed by atoms with Crippen LogP contribution in [0.25, 0.3) is 9.95 Å². The molecule has 2 aromatic carbocycles. The lowest BCUT2D eigenvalue weighted by molar-refractivity contribution is -0.393. The van der Waals surface area contributed by atoms with Gasteiger partial charge in [-0.3, -0.25) is 48.9 Å². The van der Waals surface area contributed by atoms with E-state index in [0.29, 0.717) is 0 Å². The lowest BCUT2D eigenvalue weighted by Gasteiger charge is -2.06. The molecule has 0 saturated heterocycles. The summed E-state index contributed by atoms with van der Waals surface area (Å²) in [6.45, 7) is 0. The first-order valence-electron chi connectivity index (χ1n) is 7.34. The zero-order valence-corrected chi connectivity index (χ0v) is 16.2. The highest BCUT2D eigenvalue weighted by Crippen LogP contribution is 2.31. The Morgan fingerprint density at radius 3 is 1.09 bits per heavy atom. The van der Waals surface area contributed by atoms with Crippen molar-refractivity contribution in [3.05, 3.63) is 86.8 Å². The first-order valence-corrected chi connectivity index (χ1v) is 8.68. The monoisotopic (exact) mass is 486 g/mol. The minimum Gasteiger partial charge on any atom is -0.759 e. The zero-order chi connectivity index (χ0) is 25.9. The second-order valence-corrected chi connectivity index (χ2v) is 5.80. The summed E-state index contributed by atoms with van der Waals surface area (Å²) < 4.78 is 34.1. The van der Waals surface area contributed by atoms with Crippen molar-refractivity contribution < 1.29 is 37.2 Å². The molecule has 20 nitrogen and oxygen atoms in total. The molecular formula is C12H6N8O12S. The predicted molar refractivity (Wildman–Crippen MR) is 99.5 cm³/mol. The third-order valence-electron chi connectivity index (χ3n) is 2.95. The number of nitro benzene ring substituents is 4. The smallest absolute Gasteiger partial charge is 0.461 e. The maximum Gasteiger partial charge on any atom is 0.461 e. The van der Waals surface area contributed by atoms with E-state index in [1.807, 2.05) is 0 Å². The Morgan fingerprint density at radius 2 is 0.909 bits per heavy atom. The normalized spacial score (nSPS) is 9.45. The Hall–Kier alpha value is -5.25. The number of hydrogen-bond donors (Lipinski definition) is 0. The largest absolute Gasteiger partial charge is 0.759 e. The Kier molecular flexibility index (Phi) is 9.93. The van der Waals surface area contributed by atoms with Gasteiger partial charge in [-0.05, 0) is 0 Å². The number of non-ortho nitro benzene ring substituents is 2. The summed E-state index contributed by atoms with van der Waals surface area (Å²) in [6, 6.07) is 5.49. The van der Waals surface area contributed by atoms with Crippen molar-refractivity contribution in [1.82, 2.24) is 0 Å². The first kappa shape index (κ1) is 27.8. The molecule has 0 amide bonds. The Labute approximate surface area is 180 Å². The van der Waals surface area contributed by atoms with E-state index in [9.17, 15) is 40.5 Å². The number of rotatable bonds is 4. The van der Waals surface area contributed by atoms with Crippen LogP contribution in [0.5, 0.6) is 0 Å². The molecule has 0 unspecified atom stereocenters. The molecule has 172 valence electrons. The standard InChI is InChI=1S/2C6H3N4O4.H2O4S/c2*7-8-5-2-1-4(9(11)12)3-6(5)10(13)14;1-5(2,3)4/h2*1-3H;(H2,1,2,3,4)/q2*+1;/p-2. The van der Waals surface area contributed by atoms with Gasteiger partial charge >= 0.3 is 22.7 Å². The lowest BCUT2D eigenvalue weighted by Crippen LogP contribution is -1.92. The summed E-state index contributed by atoms with van der Waals surface area (Å²) in [5.41, 5.74) is -2.71. The molecule has 0 heterocycles. The van der Waals surface area contributed by atoms with Gasteiger partial charge in [0.1, 0.15) is 12.1 Å². The van der Waals surface area contributed by atoms with Crippen molar-refractivity contribution in [3.8, 4) is 0 Å². The van der Waals surface area contributed by atoms with Crippen LogP contribution in [0.2, 0.25) is 0 Å². The number of nitrogens with zero attached hydrogens (tertiary/aromatic N) is 8. The summed E-state index contributed by atoms with van der Waals surface area (Å²) in [6.07, 6.45) is 0. The van der Waals surface area contributed by atoms with Gasteiger partial charge in [0.2, 0.25) is 10.8 Å². The van der Waals surface area contributed by atoms with Gasteiger partial charge in [-0.2, -0.15) is 0 Å². The van der Waals surface area contributed by atoms with Crippen molar-refractivity contribution in [1.29, 1.82) is 10.8 Å². The minimum atomic E-state index is -5.17. The van der Waals surface area contributed by atoms with Gasteiger partial charge in [0, 0.05) is 34.7 Å². The van der Waals surface area contributed by atoms with E-state index in [0.717, 1.165) is 36.4 Å². The highest BCUT2D eigenvalue weighted by atomic mass is 32.3. The fraction of sp³-hybridized carbons (Fsp3) is 0. The van der Waals surface area contributed by atoms with E-state index in [1.54, 1.807) is 0 Å². The molecule has 0 aliphatic carbocycles. The summed E-state index contributed by atoms with van der Waals surface area (Å²) in [5.74, 6) is 0. The van der Waals surface area contributed by atoms with E-state index in [-0.39, 0.29) is 11.4 Å². The summed E-state index contributed by atoms with van der Waals surface area (Å²) in [4.78, 5) is 43.3. The van der Waals surface area contributed by atoms with Crippen LogP contribution in [0.15, 0.2) is 36.4 Å². The van der Waals surface area contributed by atoms with Crippen molar-refractivity contribution in [3.63, 3.8) is 0 Å². The number of hydrogen-bond acceptors (Lipinski definition) is 14. The molecule has 0 atom stereocenters. The maximum atomic E-state index is 10.4. The highest BCUT2D eigenvalue weighted by molar-refractivity contribution is 7.79. The van der Waals surface area contributed by atoms with E-state index in [4.69, 9.17) is 28.3 Å². The van der Waals surface area contributed by atoms with Gasteiger partial charge in [-0.1, -0.05) is 0 Å². The molecule has 0 aliphatic rings. The fourth-order valence-electron chi connectivity index (χ4n) is 1.71. The van der Waals surface area contributed by atoms with Crippen molar-refractivity contribution in [2.24, 2.45) is 0 Å². The fourth-order valence-corrected chi connectivity index (χ4v) is 1.71. The minimum absolute atomic E-state index is 0.319. The average Bonchev–Trinajstić information content (AvgIpc) is 2.71. The van der Waals surface area contributed by atoms with Crippen LogP contribution >= 0.6 is 0 Å². The van der Waals surface area contributed by atoms with E-state index in [1.165, 1.54) is 0 Å². The summed E-state index contributed by atoms with van der Waals surface area (Å²) in [5, 5.41) is 58.0. The molecular weight excluding hydrogens is 480 g/mol. The molecule has 0 saturated carbocycles. The zero-order valence-electron chi connectivity index (χ0n) is 15.3. The lowest BCUT2D eigenvalue weighted by atomic mass is 10.2. The second-order valence-electron chi connectivity index (χ2n) is 4.98. The van der Waals surface area contributed by atoms with E-state index in [2.05, 4.69) is 9.95 Å². The van der Waals surface area contributed by atoms with Crippen LogP contribution in [0, 0.1) is 51.2 Å². The summed E-state index contributed by atoms with van der Waals surface area (Å²) in [7, 11) is -5.17. The quantitative estimate of drug-likeness (QED) is 0.197. The molecule has 0 fully saturated rings. The summed E-state index contributed by atoms with van der Waals surface area (Å²) >= 11 is 0. The molecule has 0 radical (unpaired) electrons. The van der Waals surface area contributed by atoms with Crippen LogP contribution in [0.1, 0.15) is 0 Å². The van der Waals surface area contributed by atoms with Crippen LogP contribution < -0.4 is 0 Å². The first-order chi connectivity index (χ1) is 15.1. The topological polar surface area (TPSA) is 309 Å². The van der Waals surface area contributed by atoms with Crippen LogP contribution in [0.4, 0.5) is 34.1 Å². The third kappa shape index (κ3) is 9.87. The SMILES string of the molecule is N#[N+]c1ccc([N+](=O)[O-])cc1[N+](=O)[O-].N#[N+]c1ccc([N+](=O)[O-])cc1[N+](=O)[O-].O=S(=O)([O-])[O-]. The average molecular weight is 486 g/mol. The molecule has 0 aliphatic heterocycles. The van der Waals surface area contributed by atoms with Gasteiger partial charge in [-0.15, -0.1) is 0 Å². The van der Waals surface area contributed by atoms with Crippen molar-refractivity contribution in [2.45, 2.75) is 0 Å². The van der Waals surface area contributed by atoms with Crippen molar-refractivity contribution >= 4 is 44.5 Å². The molecule has 21 heteroatoms. The molecule has 33 heavy (non-hydrogen) atoms. The highest BCUT2D eigenvalue weighted by Gasteiger charge is 2.28. The molecule has 0 spiro atoms. The van der Waals surface area contributed by atoms with Gasteiger partial charge in [0.15, 0.2) is 9.95 Å². The number of benzene rings is 2. The second kappa shape index (κ2) is 11.8. The van der Waals surface area contributed by atoms with E-state index < -0.39 is 52.8 Å². The third-order valence-corrected chi connectivity index (χ3v) is 2.95. The molecule has 2 rings (SSSR count). The van der Waals surface area contributed by atoms with E-state index >= 15 is 0 Å². The van der Waals surface area contributed by atoms with Gasteiger partial charge < -0.3 is 9.11 Å². The number of nitro groups is 4. The number of diazo groups is 2. The van der Waals surface area contributed by atoms with Crippen LogP contribution in [-0.2, 0) is 10.4 Å². The Balaban J connectivity index is 0.000000517. The van der Waals surface area contributed by atoms with Crippen molar-refractivity contribution in [2.75, 3.05) is 0 Å². The van der Waals surface area contributed by atoms with Gasteiger partial charge in [0.25, 0.3) is 11.4 Å². The maximum absolute atomic E-state index is 10.4. The molecule has 0 bridgehead atoms. The molecule has 0 N–H and O–H groups in total. The molecule has 0 aromatic heterocycles. The van der Waals surface area contributed by atoms with Gasteiger partial charge in [-0.25, -0.2) is 0 Å². The molecule has 2 aromatic rings. The van der Waals surface area contributed by atoms with Gasteiger partial charge in [0.05, 0.1) is 19.7 Å². The predicted octanol–water partition coefficient (Wildman–Crippen LogP) is 2.64. The van der Waals surface area contributed by atoms with Crippen LogP contribution in [0.3, 0.4) is 0 Å².